The van der Waals surface area contributed by atoms with Crippen molar-refractivity contribution in [1.29, 1.82) is 0 Å². The first-order valence-electron chi connectivity index (χ1n) is 4.87. The highest BCUT2D eigenvalue weighted by atomic mass is 35.5. The molecule has 0 saturated carbocycles. The molecule has 0 fully saturated rings. The van der Waals surface area contributed by atoms with Crippen LogP contribution in [-0.2, 0) is 17.1 Å². The largest absolute Gasteiger partial charge is 0.395 e. The van der Waals surface area contributed by atoms with Crippen LogP contribution < -0.4 is 0 Å². The fourth-order valence-corrected chi connectivity index (χ4v) is 3.40. The van der Waals surface area contributed by atoms with Gasteiger partial charge in [0.05, 0.1) is 24.4 Å². The van der Waals surface area contributed by atoms with E-state index in [4.69, 9.17) is 16.7 Å². The third-order valence-corrected chi connectivity index (χ3v) is 4.49. The van der Waals surface area contributed by atoms with Crippen molar-refractivity contribution in [3.8, 4) is 0 Å². The number of hydrogen-bond acceptors (Lipinski definition) is 4. The molecule has 0 unspecified atom stereocenters. The molecule has 0 aliphatic carbocycles. The first-order chi connectivity index (χ1) is 8.30. The third kappa shape index (κ3) is 3.16. The monoisotopic (exact) mass is 303 g/mol. The van der Waals surface area contributed by atoms with Gasteiger partial charge in [0.25, 0.3) is 16.4 Å². The second-order valence-corrected chi connectivity index (χ2v) is 5.66. The third-order valence-electron chi connectivity index (χ3n) is 2.12. The molecule has 0 atom stereocenters. The topological polar surface area (TPSA) is 75.4 Å². The van der Waals surface area contributed by atoms with Gasteiger partial charge in [-0.1, -0.05) is 11.6 Å². The molecule has 0 radical (unpaired) electrons. The summed E-state index contributed by atoms with van der Waals surface area (Å²) in [5.41, 5.74) is 0. The molecule has 1 rings (SSSR count). The van der Waals surface area contributed by atoms with Crippen LogP contribution in [-0.4, -0.2) is 53.7 Å². The molecule has 0 bridgehead atoms. The Bertz CT molecular complexity index is 486. The molecule has 0 spiro atoms. The zero-order valence-corrected chi connectivity index (χ0v) is 11.0. The maximum absolute atomic E-state index is 12.3. The van der Waals surface area contributed by atoms with Gasteiger partial charge < -0.3 is 5.11 Å². The van der Waals surface area contributed by atoms with E-state index in [0.29, 0.717) is 4.31 Å². The number of aryl methyl sites for hydroxylation is 1. The SMILES string of the molecule is Cn1ncc(Cl)c1S(=O)(=O)N(CCO)CC(F)F. The Labute approximate surface area is 108 Å². The van der Waals surface area contributed by atoms with Gasteiger partial charge in [0, 0.05) is 13.6 Å². The smallest absolute Gasteiger partial charge is 0.262 e. The molecular weight excluding hydrogens is 292 g/mol. The van der Waals surface area contributed by atoms with Crippen LogP contribution in [0.25, 0.3) is 0 Å². The van der Waals surface area contributed by atoms with Crippen LogP contribution in [0.3, 0.4) is 0 Å². The lowest BCUT2D eigenvalue weighted by Gasteiger charge is -2.20. The minimum Gasteiger partial charge on any atom is -0.395 e. The zero-order chi connectivity index (χ0) is 13.9. The number of rotatable bonds is 6. The summed E-state index contributed by atoms with van der Waals surface area (Å²) < 4.78 is 50.3. The number of hydrogen-bond donors (Lipinski definition) is 1. The van der Waals surface area contributed by atoms with Crippen molar-refractivity contribution in [2.24, 2.45) is 7.05 Å². The molecule has 104 valence electrons. The number of alkyl halides is 2. The van der Waals surface area contributed by atoms with Gasteiger partial charge in [0.15, 0.2) is 5.03 Å². The van der Waals surface area contributed by atoms with E-state index >= 15 is 0 Å². The first kappa shape index (κ1) is 15.3. The quantitative estimate of drug-likeness (QED) is 0.821. The lowest BCUT2D eigenvalue weighted by molar-refractivity contribution is 0.112. The van der Waals surface area contributed by atoms with Crippen molar-refractivity contribution in [2.45, 2.75) is 11.5 Å². The Morgan fingerprint density at radius 1 is 1.61 bits per heavy atom. The summed E-state index contributed by atoms with van der Waals surface area (Å²) in [4.78, 5) is 0. The van der Waals surface area contributed by atoms with Crippen molar-refractivity contribution in [3.05, 3.63) is 11.2 Å². The van der Waals surface area contributed by atoms with E-state index < -0.39 is 36.1 Å². The predicted molar refractivity (Wildman–Crippen MR) is 60.1 cm³/mol. The van der Waals surface area contributed by atoms with Crippen molar-refractivity contribution in [3.63, 3.8) is 0 Å². The molecule has 1 aromatic rings. The Morgan fingerprint density at radius 2 is 2.22 bits per heavy atom. The van der Waals surface area contributed by atoms with Crippen LogP contribution in [0.2, 0.25) is 5.02 Å². The van der Waals surface area contributed by atoms with Gasteiger partial charge in [0.1, 0.15) is 0 Å². The number of nitrogens with zero attached hydrogens (tertiary/aromatic N) is 3. The van der Waals surface area contributed by atoms with E-state index in [1.807, 2.05) is 0 Å². The van der Waals surface area contributed by atoms with Gasteiger partial charge in [-0.05, 0) is 0 Å². The molecule has 0 aromatic carbocycles. The summed E-state index contributed by atoms with van der Waals surface area (Å²) in [5.74, 6) is 0. The summed E-state index contributed by atoms with van der Waals surface area (Å²) in [6, 6.07) is 0. The summed E-state index contributed by atoms with van der Waals surface area (Å²) in [6.45, 7) is -2.01. The van der Waals surface area contributed by atoms with Gasteiger partial charge in [-0.3, -0.25) is 4.68 Å². The Hall–Kier alpha value is -0.770. The second-order valence-electron chi connectivity index (χ2n) is 3.40. The standard InChI is InChI=1S/C8H12ClF2N3O3S/c1-13-8(6(9)4-12-13)18(16,17)14(2-3-15)5-7(10)11/h4,7,15H,2-3,5H2,1H3. The summed E-state index contributed by atoms with van der Waals surface area (Å²) in [5, 5.41) is 11.8. The maximum Gasteiger partial charge on any atom is 0.262 e. The molecule has 1 aromatic heterocycles. The zero-order valence-electron chi connectivity index (χ0n) is 9.42. The Morgan fingerprint density at radius 3 is 2.61 bits per heavy atom. The van der Waals surface area contributed by atoms with Crippen LogP contribution in [0, 0.1) is 0 Å². The number of sulfonamides is 1. The molecule has 0 saturated heterocycles. The fraction of sp³-hybridized carbons (Fsp3) is 0.625. The molecule has 18 heavy (non-hydrogen) atoms. The lowest BCUT2D eigenvalue weighted by Crippen LogP contribution is -2.38. The number of aliphatic hydroxyl groups excluding tert-OH is 1. The van der Waals surface area contributed by atoms with E-state index in [2.05, 4.69) is 5.10 Å². The molecule has 1 N–H and O–H groups in total. The highest BCUT2D eigenvalue weighted by Crippen LogP contribution is 2.23. The first-order valence-corrected chi connectivity index (χ1v) is 6.69. The van der Waals surface area contributed by atoms with Crippen molar-refractivity contribution < 1.29 is 22.3 Å². The predicted octanol–water partition coefficient (Wildman–Crippen LogP) is 0.322. The molecule has 1 heterocycles. The summed E-state index contributed by atoms with van der Waals surface area (Å²) in [6.07, 6.45) is -1.74. The van der Waals surface area contributed by atoms with E-state index in [0.717, 1.165) is 10.9 Å². The van der Waals surface area contributed by atoms with Crippen molar-refractivity contribution in [2.75, 3.05) is 19.7 Å². The average molecular weight is 304 g/mol. The van der Waals surface area contributed by atoms with Crippen molar-refractivity contribution >= 4 is 21.6 Å². The molecular formula is C8H12ClF2N3O3S. The van der Waals surface area contributed by atoms with Crippen LogP contribution in [0.15, 0.2) is 11.2 Å². The summed E-state index contributed by atoms with van der Waals surface area (Å²) >= 11 is 5.67. The number of halogens is 3. The van der Waals surface area contributed by atoms with Crippen LogP contribution in [0.5, 0.6) is 0 Å². The highest BCUT2D eigenvalue weighted by molar-refractivity contribution is 7.89. The van der Waals surface area contributed by atoms with Gasteiger partial charge >= 0.3 is 0 Å². The Kier molecular flexibility index (Phi) is 5.02. The normalized spacial score (nSPS) is 12.6. The Balaban J connectivity index is 3.17. The molecule has 0 aliphatic rings. The minimum absolute atomic E-state index is 0.158. The van der Waals surface area contributed by atoms with Gasteiger partial charge in [-0.2, -0.15) is 9.40 Å². The molecule has 0 aliphatic heterocycles. The van der Waals surface area contributed by atoms with Crippen LogP contribution in [0.1, 0.15) is 0 Å². The van der Waals surface area contributed by atoms with Gasteiger partial charge in [-0.25, -0.2) is 17.2 Å². The van der Waals surface area contributed by atoms with E-state index in [1.165, 1.54) is 7.05 Å². The van der Waals surface area contributed by atoms with E-state index in [1.54, 1.807) is 0 Å². The van der Waals surface area contributed by atoms with E-state index in [-0.39, 0.29) is 10.0 Å². The van der Waals surface area contributed by atoms with Crippen LogP contribution in [0.4, 0.5) is 8.78 Å². The minimum atomic E-state index is -4.21. The fourth-order valence-electron chi connectivity index (χ4n) is 1.39. The molecule has 6 nitrogen and oxygen atoms in total. The van der Waals surface area contributed by atoms with Gasteiger partial charge in [0.2, 0.25) is 0 Å². The second kappa shape index (κ2) is 5.91. The molecule has 10 heteroatoms. The highest BCUT2D eigenvalue weighted by Gasteiger charge is 2.31. The van der Waals surface area contributed by atoms with E-state index in [9.17, 15) is 17.2 Å². The van der Waals surface area contributed by atoms with Gasteiger partial charge in [-0.15, -0.1) is 0 Å². The van der Waals surface area contributed by atoms with Crippen LogP contribution >= 0.6 is 11.6 Å². The summed E-state index contributed by atoms with van der Waals surface area (Å²) in [7, 11) is -2.88. The maximum atomic E-state index is 12.3. The number of aromatic nitrogens is 2. The number of aliphatic hydroxyl groups is 1. The lowest BCUT2D eigenvalue weighted by atomic mass is 10.6. The van der Waals surface area contributed by atoms with Crippen molar-refractivity contribution in [1.82, 2.24) is 14.1 Å². The average Bonchev–Trinajstić information content (AvgIpc) is 2.57. The molecule has 0 amide bonds.